The maximum Gasteiger partial charge on any atom is 0.0387 e. The van der Waals surface area contributed by atoms with Gasteiger partial charge in [-0.25, -0.2) is 0 Å². The Morgan fingerprint density at radius 2 is 1.82 bits per heavy atom. The van der Waals surface area contributed by atoms with Crippen LogP contribution in [0.25, 0.3) is 0 Å². The number of nitrogens with two attached hydrogens (primary N) is 1. The summed E-state index contributed by atoms with van der Waals surface area (Å²) in [4.78, 5) is 5.09. The Balaban J connectivity index is 1.66. The SMILES string of the molecule is Cc1ccc(N2CCN(C3CC3)CC2)cc1N. The average Bonchev–Trinajstić information content (AvgIpc) is 3.17. The van der Waals surface area contributed by atoms with E-state index in [-0.39, 0.29) is 0 Å². The lowest BCUT2D eigenvalue weighted by Crippen LogP contribution is -2.47. The largest absolute Gasteiger partial charge is 0.398 e. The number of nitrogens with zero attached hydrogens (tertiary/aromatic N) is 2. The van der Waals surface area contributed by atoms with Gasteiger partial charge in [-0.15, -0.1) is 0 Å². The van der Waals surface area contributed by atoms with E-state index in [1.807, 2.05) is 0 Å². The molecule has 1 aliphatic heterocycles. The smallest absolute Gasteiger partial charge is 0.0387 e. The minimum atomic E-state index is 0.903. The van der Waals surface area contributed by atoms with Crippen LogP contribution in [-0.2, 0) is 0 Å². The van der Waals surface area contributed by atoms with Crippen molar-refractivity contribution in [2.75, 3.05) is 36.8 Å². The van der Waals surface area contributed by atoms with Crippen molar-refractivity contribution in [3.8, 4) is 0 Å². The lowest BCUT2D eigenvalue weighted by molar-refractivity contribution is 0.248. The number of rotatable bonds is 2. The van der Waals surface area contributed by atoms with Crippen molar-refractivity contribution in [3.63, 3.8) is 0 Å². The number of aryl methyl sites for hydroxylation is 1. The summed E-state index contributed by atoms with van der Waals surface area (Å²) in [5.41, 5.74) is 9.34. The van der Waals surface area contributed by atoms with Gasteiger partial charge in [0.2, 0.25) is 0 Å². The topological polar surface area (TPSA) is 32.5 Å². The van der Waals surface area contributed by atoms with Crippen molar-refractivity contribution >= 4 is 11.4 Å². The Morgan fingerprint density at radius 3 is 2.41 bits per heavy atom. The zero-order valence-electron chi connectivity index (χ0n) is 10.5. The van der Waals surface area contributed by atoms with Gasteiger partial charge in [-0.2, -0.15) is 0 Å². The van der Waals surface area contributed by atoms with Crippen LogP contribution in [0, 0.1) is 6.92 Å². The Kier molecular flexibility index (Phi) is 2.71. The molecule has 0 atom stereocenters. The second kappa shape index (κ2) is 4.22. The number of hydrogen-bond donors (Lipinski definition) is 1. The summed E-state index contributed by atoms with van der Waals surface area (Å²) >= 11 is 0. The first kappa shape index (κ1) is 10.9. The first-order chi connectivity index (χ1) is 8.24. The maximum absolute atomic E-state index is 5.98. The van der Waals surface area contributed by atoms with Gasteiger partial charge in [0, 0.05) is 43.6 Å². The molecule has 0 radical (unpaired) electrons. The zero-order chi connectivity index (χ0) is 11.8. The van der Waals surface area contributed by atoms with E-state index in [4.69, 9.17) is 5.73 Å². The molecular weight excluding hydrogens is 210 g/mol. The van der Waals surface area contributed by atoms with E-state index in [2.05, 4.69) is 34.9 Å². The highest BCUT2D eigenvalue weighted by atomic mass is 15.3. The fourth-order valence-electron chi connectivity index (χ4n) is 2.61. The Morgan fingerprint density at radius 1 is 1.12 bits per heavy atom. The van der Waals surface area contributed by atoms with Crippen molar-refractivity contribution in [2.24, 2.45) is 0 Å². The molecule has 17 heavy (non-hydrogen) atoms. The van der Waals surface area contributed by atoms with Crippen LogP contribution in [0.15, 0.2) is 18.2 Å². The van der Waals surface area contributed by atoms with Gasteiger partial charge in [0.25, 0.3) is 0 Å². The number of piperazine rings is 1. The monoisotopic (exact) mass is 231 g/mol. The Labute approximate surface area is 103 Å². The molecule has 1 heterocycles. The first-order valence-electron chi connectivity index (χ1n) is 6.59. The molecule has 2 fully saturated rings. The highest BCUT2D eigenvalue weighted by Gasteiger charge is 2.31. The summed E-state index contributed by atoms with van der Waals surface area (Å²) in [5.74, 6) is 0. The fraction of sp³-hybridized carbons (Fsp3) is 0.571. The van der Waals surface area contributed by atoms with Gasteiger partial charge in [0.05, 0.1) is 0 Å². The number of anilines is 2. The third kappa shape index (κ3) is 2.25. The van der Waals surface area contributed by atoms with Gasteiger partial charge in [0.1, 0.15) is 0 Å². The molecule has 1 saturated heterocycles. The fourth-order valence-corrected chi connectivity index (χ4v) is 2.61. The third-order valence-corrected chi connectivity index (χ3v) is 4.01. The second-order valence-corrected chi connectivity index (χ2v) is 5.30. The van der Waals surface area contributed by atoms with E-state index in [0.717, 1.165) is 24.8 Å². The van der Waals surface area contributed by atoms with Crippen LogP contribution in [0.5, 0.6) is 0 Å². The quantitative estimate of drug-likeness (QED) is 0.789. The summed E-state index contributed by atoms with van der Waals surface area (Å²) in [5, 5.41) is 0. The normalized spacial score (nSPS) is 21.8. The van der Waals surface area contributed by atoms with E-state index >= 15 is 0 Å². The molecule has 0 amide bonds. The summed E-state index contributed by atoms with van der Waals surface area (Å²) < 4.78 is 0. The molecule has 1 aromatic rings. The van der Waals surface area contributed by atoms with Crippen LogP contribution >= 0.6 is 0 Å². The van der Waals surface area contributed by atoms with Crippen LogP contribution in [0.1, 0.15) is 18.4 Å². The first-order valence-corrected chi connectivity index (χ1v) is 6.59. The summed E-state index contributed by atoms with van der Waals surface area (Å²) in [6, 6.07) is 7.33. The number of benzene rings is 1. The van der Waals surface area contributed by atoms with E-state index in [9.17, 15) is 0 Å². The van der Waals surface area contributed by atoms with Crippen molar-refractivity contribution < 1.29 is 0 Å². The molecule has 0 bridgehead atoms. The van der Waals surface area contributed by atoms with Crippen LogP contribution in [0.3, 0.4) is 0 Å². The molecule has 3 nitrogen and oxygen atoms in total. The lowest BCUT2D eigenvalue weighted by Gasteiger charge is -2.36. The van der Waals surface area contributed by atoms with Gasteiger partial charge >= 0.3 is 0 Å². The minimum Gasteiger partial charge on any atom is -0.398 e. The van der Waals surface area contributed by atoms with Crippen LogP contribution in [0.4, 0.5) is 11.4 Å². The van der Waals surface area contributed by atoms with Crippen molar-refractivity contribution in [2.45, 2.75) is 25.8 Å². The molecule has 2 N–H and O–H groups in total. The minimum absolute atomic E-state index is 0.903. The summed E-state index contributed by atoms with van der Waals surface area (Å²) in [6.45, 7) is 6.75. The van der Waals surface area contributed by atoms with Crippen LogP contribution in [-0.4, -0.2) is 37.1 Å². The van der Waals surface area contributed by atoms with E-state index in [0.29, 0.717) is 0 Å². The lowest BCUT2D eigenvalue weighted by atomic mass is 10.1. The van der Waals surface area contributed by atoms with E-state index < -0.39 is 0 Å². The van der Waals surface area contributed by atoms with Gasteiger partial charge in [0.15, 0.2) is 0 Å². The van der Waals surface area contributed by atoms with Crippen LogP contribution < -0.4 is 10.6 Å². The van der Waals surface area contributed by atoms with Gasteiger partial charge < -0.3 is 10.6 Å². The van der Waals surface area contributed by atoms with Gasteiger partial charge in [-0.1, -0.05) is 6.07 Å². The van der Waals surface area contributed by atoms with E-state index in [1.54, 1.807) is 0 Å². The summed E-state index contributed by atoms with van der Waals surface area (Å²) in [6.07, 6.45) is 2.83. The van der Waals surface area contributed by atoms with Crippen molar-refractivity contribution in [1.82, 2.24) is 4.90 Å². The summed E-state index contributed by atoms with van der Waals surface area (Å²) in [7, 11) is 0. The molecule has 0 aromatic heterocycles. The molecule has 3 heteroatoms. The predicted octanol–water partition coefficient (Wildman–Crippen LogP) is 1.86. The predicted molar refractivity (Wildman–Crippen MR) is 72.4 cm³/mol. The molecule has 92 valence electrons. The van der Waals surface area contributed by atoms with Crippen LogP contribution in [0.2, 0.25) is 0 Å². The second-order valence-electron chi connectivity index (χ2n) is 5.30. The molecule has 1 aromatic carbocycles. The van der Waals surface area contributed by atoms with Crippen molar-refractivity contribution in [1.29, 1.82) is 0 Å². The molecule has 2 aliphatic rings. The highest BCUT2D eigenvalue weighted by Crippen LogP contribution is 2.29. The maximum atomic E-state index is 5.98. The van der Waals surface area contributed by atoms with Gasteiger partial charge in [-0.3, -0.25) is 4.90 Å². The molecular formula is C14H21N3. The molecule has 0 spiro atoms. The number of hydrogen-bond acceptors (Lipinski definition) is 3. The third-order valence-electron chi connectivity index (χ3n) is 4.01. The Bertz CT molecular complexity index is 404. The average molecular weight is 231 g/mol. The number of nitrogen functional groups attached to an aromatic ring is 1. The van der Waals surface area contributed by atoms with Crippen molar-refractivity contribution in [3.05, 3.63) is 23.8 Å². The molecule has 1 saturated carbocycles. The molecule has 0 unspecified atom stereocenters. The zero-order valence-corrected chi connectivity index (χ0v) is 10.5. The van der Waals surface area contributed by atoms with Gasteiger partial charge in [-0.05, 0) is 37.5 Å². The standard InChI is InChI=1S/C14H21N3/c1-11-2-3-13(10-14(11)15)17-8-6-16(7-9-17)12-4-5-12/h2-3,10,12H,4-9,15H2,1H3. The van der Waals surface area contributed by atoms with E-state index in [1.165, 1.54) is 37.2 Å². The Hall–Kier alpha value is -1.22. The highest BCUT2D eigenvalue weighted by molar-refractivity contribution is 5.59. The molecule has 3 rings (SSSR count). The molecule has 1 aliphatic carbocycles.